The van der Waals surface area contributed by atoms with Crippen LogP contribution in [0, 0.1) is 5.92 Å². The molecule has 10 heteroatoms. The van der Waals surface area contributed by atoms with Gasteiger partial charge in [0.25, 0.3) is 0 Å². The summed E-state index contributed by atoms with van der Waals surface area (Å²) in [6.07, 6.45) is 5.06. The predicted octanol–water partition coefficient (Wildman–Crippen LogP) is 0.966. The van der Waals surface area contributed by atoms with Crippen molar-refractivity contribution in [3.05, 3.63) is 23.9 Å². The summed E-state index contributed by atoms with van der Waals surface area (Å²) in [5.74, 6) is 0.861. The standard InChI is InChI=1S/C22H33N5O5/c1-13-18(30-2)12-27(13)22(29)32-16-6-5-15(9-16)17-10-19(26-25-17)24-20(28)8-14-4-7-21(31-3)23-11-14/h4,7,11,13,15-19,25-26H,5-6,8-10,12H2,1-3H3,(H,24,28)/t13-,15-,16+,17?,18+,19?/m0/s1. The minimum atomic E-state index is -0.243. The molecule has 0 spiro atoms. The van der Waals surface area contributed by atoms with Crippen molar-refractivity contribution in [3.63, 3.8) is 0 Å². The van der Waals surface area contributed by atoms with Crippen molar-refractivity contribution >= 4 is 12.0 Å². The van der Waals surface area contributed by atoms with Gasteiger partial charge in [0.1, 0.15) is 6.10 Å². The molecular weight excluding hydrogens is 414 g/mol. The molecule has 0 aromatic carbocycles. The first kappa shape index (κ1) is 22.8. The largest absolute Gasteiger partial charge is 0.481 e. The van der Waals surface area contributed by atoms with Gasteiger partial charge >= 0.3 is 6.09 Å². The van der Waals surface area contributed by atoms with Crippen LogP contribution in [0.2, 0.25) is 0 Å². The fourth-order valence-corrected chi connectivity index (χ4v) is 4.80. The van der Waals surface area contributed by atoms with Crippen LogP contribution >= 0.6 is 0 Å². The van der Waals surface area contributed by atoms with Gasteiger partial charge in [0.15, 0.2) is 0 Å². The van der Waals surface area contributed by atoms with E-state index in [2.05, 4.69) is 21.2 Å². The highest BCUT2D eigenvalue weighted by Crippen LogP contribution is 2.34. The zero-order valence-electron chi connectivity index (χ0n) is 18.9. The van der Waals surface area contributed by atoms with E-state index < -0.39 is 0 Å². The number of ether oxygens (including phenoxy) is 3. The van der Waals surface area contributed by atoms with Crippen LogP contribution in [0.25, 0.3) is 0 Å². The maximum absolute atomic E-state index is 12.4. The summed E-state index contributed by atoms with van der Waals surface area (Å²) >= 11 is 0. The van der Waals surface area contributed by atoms with Gasteiger partial charge in [0.2, 0.25) is 11.8 Å². The summed E-state index contributed by atoms with van der Waals surface area (Å²) in [5.41, 5.74) is 7.32. The molecule has 176 valence electrons. The second kappa shape index (κ2) is 10.0. The molecule has 6 atom stereocenters. The van der Waals surface area contributed by atoms with Crippen LogP contribution in [0.15, 0.2) is 18.3 Å². The fourth-order valence-electron chi connectivity index (χ4n) is 4.80. The normalized spacial score (nSPS) is 31.8. The van der Waals surface area contributed by atoms with Gasteiger partial charge in [0.05, 0.1) is 38.4 Å². The first-order valence-electron chi connectivity index (χ1n) is 11.3. The Morgan fingerprint density at radius 3 is 2.75 bits per heavy atom. The first-order chi connectivity index (χ1) is 15.5. The number of carbonyl (C=O) groups is 2. The van der Waals surface area contributed by atoms with Crippen molar-refractivity contribution in [1.29, 1.82) is 0 Å². The number of aromatic nitrogens is 1. The van der Waals surface area contributed by atoms with E-state index in [1.54, 1.807) is 31.4 Å². The van der Waals surface area contributed by atoms with Crippen molar-refractivity contribution in [1.82, 2.24) is 26.1 Å². The van der Waals surface area contributed by atoms with E-state index in [4.69, 9.17) is 14.2 Å². The second-order valence-corrected chi connectivity index (χ2v) is 8.88. The molecule has 3 fully saturated rings. The van der Waals surface area contributed by atoms with Gasteiger partial charge in [0, 0.05) is 25.4 Å². The van der Waals surface area contributed by atoms with Crippen LogP contribution in [-0.2, 0) is 20.7 Å². The smallest absolute Gasteiger partial charge is 0.410 e. The Labute approximate surface area is 188 Å². The minimum absolute atomic E-state index is 0.0562. The van der Waals surface area contributed by atoms with Gasteiger partial charge in [-0.15, -0.1) is 0 Å². The lowest BCUT2D eigenvalue weighted by atomic mass is 9.96. The molecule has 1 aromatic rings. The zero-order chi connectivity index (χ0) is 22.7. The number of likely N-dealkylation sites (tertiary alicyclic amines) is 1. The Hall–Kier alpha value is -2.43. The molecule has 2 aliphatic heterocycles. The maximum atomic E-state index is 12.4. The van der Waals surface area contributed by atoms with Crippen LogP contribution in [0.1, 0.15) is 38.2 Å². The Morgan fingerprint density at radius 1 is 1.22 bits per heavy atom. The van der Waals surface area contributed by atoms with Gasteiger partial charge in [-0.1, -0.05) is 6.07 Å². The van der Waals surface area contributed by atoms with Gasteiger partial charge in [-0.3, -0.25) is 10.2 Å². The average Bonchev–Trinajstić information content (AvgIpc) is 3.43. The van der Waals surface area contributed by atoms with Crippen molar-refractivity contribution in [2.75, 3.05) is 20.8 Å². The minimum Gasteiger partial charge on any atom is -0.481 e. The zero-order valence-corrected chi connectivity index (χ0v) is 18.9. The van der Waals surface area contributed by atoms with E-state index in [1.807, 2.05) is 13.0 Å². The van der Waals surface area contributed by atoms with E-state index in [1.165, 1.54) is 0 Å². The maximum Gasteiger partial charge on any atom is 0.410 e. The number of hydrogen-bond donors (Lipinski definition) is 3. The molecule has 1 aliphatic carbocycles. The molecule has 2 saturated heterocycles. The number of pyridine rings is 1. The van der Waals surface area contributed by atoms with Crippen molar-refractivity contribution < 1.29 is 23.8 Å². The molecule has 4 rings (SSSR count). The predicted molar refractivity (Wildman–Crippen MR) is 116 cm³/mol. The van der Waals surface area contributed by atoms with Crippen LogP contribution < -0.4 is 20.9 Å². The van der Waals surface area contributed by atoms with Gasteiger partial charge in [-0.2, -0.15) is 0 Å². The highest BCUT2D eigenvalue weighted by atomic mass is 16.6. The summed E-state index contributed by atoms with van der Waals surface area (Å²) in [6.45, 7) is 2.57. The molecule has 1 saturated carbocycles. The first-order valence-corrected chi connectivity index (χ1v) is 11.3. The van der Waals surface area contributed by atoms with E-state index in [0.29, 0.717) is 18.3 Å². The molecule has 2 unspecified atom stereocenters. The number of hydrazine groups is 1. The highest BCUT2D eigenvalue weighted by Gasteiger charge is 2.42. The number of nitrogens with zero attached hydrogens (tertiary/aromatic N) is 2. The summed E-state index contributed by atoms with van der Waals surface area (Å²) in [6, 6.07) is 3.87. The van der Waals surface area contributed by atoms with E-state index in [0.717, 1.165) is 31.2 Å². The lowest BCUT2D eigenvalue weighted by Crippen LogP contribution is -2.61. The molecule has 3 heterocycles. The molecule has 10 nitrogen and oxygen atoms in total. The van der Waals surface area contributed by atoms with Crippen molar-refractivity contribution in [3.8, 4) is 5.88 Å². The second-order valence-electron chi connectivity index (χ2n) is 8.88. The third-order valence-electron chi connectivity index (χ3n) is 6.84. The lowest BCUT2D eigenvalue weighted by molar-refractivity contribution is -0.121. The van der Waals surface area contributed by atoms with Crippen LogP contribution in [-0.4, -0.2) is 73.1 Å². The van der Waals surface area contributed by atoms with Crippen molar-refractivity contribution in [2.45, 2.75) is 69.5 Å². The highest BCUT2D eigenvalue weighted by molar-refractivity contribution is 5.78. The third kappa shape index (κ3) is 5.13. The quantitative estimate of drug-likeness (QED) is 0.567. The molecule has 3 aliphatic rings. The van der Waals surface area contributed by atoms with Crippen molar-refractivity contribution in [2.24, 2.45) is 5.92 Å². The molecule has 1 aromatic heterocycles. The Morgan fingerprint density at radius 2 is 2.06 bits per heavy atom. The molecule has 2 amide bonds. The number of hydrogen-bond acceptors (Lipinski definition) is 8. The Kier molecular flexibility index (Phi) is 7.12. The van der Waals surface area contributed by atoms with E-state index >= 15 is 0 Å². The summed E-state index contributed by atoms with van der Waals surface area (Å²) in [7, 11) is 3.23. The van der Waals surface area contributed by atoms with Gasteiger partial charge < -0.3 is 24.4 Å². The Balaban J connectivity index is 1.18. The molecular formula is C22H33N5O5. The molecule has 3 N–H and O–H groups in total. The van der Waals surface area contributed by atoms with E-state index in [9.17, 15) is 9.59 Å². The van der Waals surface area contributed by atoms with Crippen LogP contribution in [0.4, 0.5) is 4.79 Å². The molecule has 0 bridgehead atoms. The summed E-state index contributed by atoms with van der Waals surface area (Å²) < 4.78 is 16.1. The average molecular weight is 448 g/mol. The summed E-state index contributed by atoms with van der Waals surface area (Å²) in [5, 5.41) is 3.02. The summed E-state index contributed by atoms with van der Waals surface area (Å²) in [4.78, 5) is 30.6. The Bertz CT molecular complexity index is 806. The van der Waals surface area contributed by atoms with Crippen LogP contribution in [0.5, 0.6) is 5.88 Å². The third-order valence-corrected chi connectivity index (χ3v) is 6.84. The molecule has 0 radical (unpaired) electrons. The topological polar surface area (TPSA) is 114 Å². The SMILES string of the molecule is COc1ccc(CC(=O)NC2CC([C@H]3CC[C@@H](OC(=O)N4C[C@@H](OC)[C@@H]4C)C3)NN2)cn1. The number of amides is 2. The van der Waals surface area contributed by atoms with E-state index in [-0.39, 0.29) is 48.9 Å². The lowest BCUT2D eigenvalue weighted by Gasteiger charge is -2.44. The number of nitrogens with one attached hydrogen (secondary N) is 3. The van der Waals surface area contributed by atoms with Gasteiger partial charge in [-0.25, -0.2) is 15.2 Å². The van der Waals surface area contributed by atoms with Gasteiger partial charge in [-0.05, 0) is 44.1 Å². The number of carbonyl (C=O) groups excluding carboxylic acids is 2. The number of rotatable bonds is 7. The fraction of sp³-hybridized carbons (Fsp3) is 0.682. The van der Waals surface area contributed by atoms with Crippen LogP contribution in [0.3, 0.4) is 0 Å². The monoisotopic (exact) mass is 447 g/mol. The number of methoxy groups -OCH3 is 2. The molecule has 32 heavy (non-hydrogen) atoms.